The van der Waals surface area contributed by atoms with Crippen LogP contribution in [0.5, 0.6) is 5.75 Å². The number of rotatable bonds is 4. The number of alkyl halides is 3. The van der Waals surface area contributed by atoms with Crippen LogP contribution in [0.4, 0.5) is 13.2 Å². The van der Waals surface area contributed by atoms with Gasteiger partial charge in [-0.15, -0.1) is 0 Å². The lowest BCUT2D eigenvalue weighted by atomic mass is 10.0. The Labute approximate surface area is 162 Å². The van der Waals surface area contributed by atoms with Crippen LogP contribution in [0, 0.1) is 5.92 Å². The second-order valence-electron chi connectivity index (χ2n) is 7.53. The van der Waals surface area contributed by atoms with E-state index in [0.29, 0.717) is 6.42 Å². The van der Waals surface area contributed by atoms with Crippen molar-refractivity contribution in [2.75, 3.05) is 13.7 Å². The highest BCUT2D eigenvalue weighted by Gasteiger charge is 2.48. The zero-order valence-electron chi connectivity index (χ0n) is 15.6. The molecule has 2 aliphatic rings. The first-order valence-corrected chi connectivity index (χ1v) is 9.50. The third kappa shape index (κ3) is 3.60. The van der Waals surface area contributed by atoms with Gasteiger partial charge in [0.1, 0.15) is 5.75 Å². The Morgan fingerprint density at radius 2 is 1.86 bits per heavy atom. The van der Waals surface area contributed by atoms with Gasteiger partial charge in [-0.2, -0.15) is 13.2 Å². The number of ether oxygens (including phenoxy) is 1. The number of methoxy groups -OCH3 is 1. The summed E-state index contributed by atoms with van der Waals surface area (Å²) in [5.41, 5.74) is 1.22. The first kappa shape index (κ1) is 18.8. The van der Waals surface area contributed by atoms with E-state index in [9.17, 15) is 18.0 Å². The summed E-state index contributed by atoms with van der Waals surface area (Å²) in [7, 11) is 1.62. The van der Waals surface area contributed by atoms with Gasteiger partial charge < -0.3 is 9.64 Å². The lowest BCUT2D eigenvalue weighted by Gasteiger charge is -2.25. The molecule has 1 saturated heterocycles. The molecule has 2 aromatic carbocycles. The molecule has 0 spiro atoms. The highest BCUT2D eigenvalue weighted by atomic mass is 19.4. The van der Waals surface area contributed by atoms with Crippen molar-refractivity contribution in [2.45, 2.75) is 37.4 Å². The monoisotopic (exact) mass is 389 g/mol. The fraction of sp³-hybridized carbons (Fsp3) is 0.409. The number of amides is 1. The summed E-state index contributed by atoms with van der Waals surface area (Å²) in [6.07, 6.45) is -1.77. The molecule has 4 rings (SSSR count). The summed E-state index contributed by atoms with van der Waals surface area (Å²) in [5, 5.41) is 0. The highest BCUT2D eigenvalue weighted by Crippen LogP contribution is 2.50. The van der Waals surface area contributed by atoms with Gasteiger partial charge >= 0.3 is 6.18 Å². The number of hydrogen-bond donors (Lipinski definition) is 0. The summed E-state index contributed by atoms with van der Waals surface area (Å²) in [6, 6.07) is 13.0. The van der Waals surface area contributed by atoms with E-state index in [-0.39, 0.29) is 23.8 Å². The number of benzene rings is 2. The van der Waals surface area contributed by atoms with Crippen molar-refractivity contribution in [3.63, 3.8) is 0 Å². The minimum Gasteiger partial charge on any atom is -0.497 e. The van der Waals surface area contributed by atoms with Crippen LogP contribution in [0.25, 0.3) is 0 Å². The van der Waals surface area contributed by atoms with Gasteiger partial charge in [0.25, 0.3) is 0 Å². The molecule has 1 saturated carbocycles. The minimum atomic E-state index is -4.34. The van der Waals surface area contributed by atoms with Gasteiger partial charge in [-0.1, -0.05) is 24.3 Å². The van der Waals surface area contributed by atoms with Crippen LogP contribution in [0.1, 0.15) is 47.9 Å². The fourth-order valence-electron chi connectivity index (χ4n) is 4.19. The van der Waals surface area contributed by atoms with Crippen molar-refractivity contribution in [1.82, 2.24) is 4.90 Å². The third-order valence-electron chi connectivity index (χ3n) is 5.79. The van der Waals surface area contributed by atoms with Crippen LogP contribution in [0.2, 0.25) is 0 Å². The molecule has 3 unspecified atom stereocenters. The molecular weight excluding hydrogens is 367 g/mol. The molecule has 28 heavy (non-hydrogen) atoms. The van der Waals surface area contributed by atoms with Gasteiger partial charge in [0.2, 0.25) is 5.91 Å². The van der Waals surface area contributed by atoms with Gasteiger partial charge in [-0.05, 0) is 60.6 Å². The predicted octanol–water partition coefficient (Wildman–Crippen LogP) is 5.18. The molecule has 1 aliphatic heterocycles. The maximum atomic E-state index is 13.1. The van der Waals surface area contributed by atoms with Crippen molar-refractivity contribution < 1.29 is 22.7 Å². The molecule has 3 atom stereocenters. The average Bonchev–Trinajstić information content (AvgIpc) is 3.34. The molecule has 3 nitrogen and oxygen atoms in total. The van der Waals surface area contributed by atoms with Crippen LogP contribution in [0.3, 0.4) is 0 Å². The summed E-state index contributed by atoms with van der Waals surface area (Å²) >= 11 is 0. The van der Waals surface area contributed by atoms with E-state index in [1.807, 2.05) is 29.2 Å². The molecule has 1 aliphatic carbocycles. The first-order valence-electron chi connectivity index (χ1n) is 9.50. The lowest BCUT2D eigenvalue weighted by molar-refractivity contribution is -0.137. The molecule has 148 valence electrons. The van der Waals surface area contributed by atoms with Gasteiger partial charge in [0.05, 0.1) is 18.7 Å². The molecule has 1 amide bonds. The van der Waals surface area contributed by atoms with E-state index in [4.69, 9.17) is 4.74 Å². The van der Waals surface area contributed by atoms with E-state index in [1.54, 1.807) is 7.11 Å². The Morgan fingerprint density at radius 3 is 2.54 bits per heavy atom. The van der Waals surface area contributed by atoms with Gasteiger partial charge in [-0.25, -0.2) is 0 Å². The number of hydrogen-bond acceptors (Lipinski definition) is 2. The van der Waals surface area contributed by atoms with E-state index in [1.165, 1.54) is 12.1 Å². The molecule has 0 N–H and O–H groups in total. The number of nitrogens with zero attached hydrogens (tertiary/aromatic N) is 1. The Hall–Kier alpha value is -2.50. The summed E-state index contributed by atoms with van der Waals surface area (Å²) in [5.74, 6) is 0.755. The van der Waals surface area contributed by atoms with Crippen LogP contribution in [-0.4, -0.2) is 24.5 Å². The third-order valence-corrected chi connectivity index (χ3v) is 5.79. The van der Waals surface area contributed by atoms with Crippen LogP contribution >= 0.6 is 0 Å². The SMILES string of the molecule is COc1cccc(C2CCCN2C(=O)C2CC2c2ccc(C(F)(F)F)cc2)c1. The Kier molecular flexibility index (Phi) is 4.81. The number of carbonyl (C=O) groups is 1. The van der Waals surface area contributed by atoms with Gasteiger partial charge in [-0.3, -0.25) is 4.79 Å². The largest absolute Gasteiger partial charge is 0.497 e. The minimum absolute atomic E-state index is 0.0151. The van der Waals surface area contributed by atoms with E-state index in [2.05, 4.69) is 0 Å². The quantitative estimate of drug-likeness (QED) is 0.721. The van der Waals surface area contributed by atoms with E-state index in [0.717, 1.165) is 48.4 Å². The zero-order chi connectivity index (χ0) is 19.9. The zero-order valence-corrected chi connectivity index (χ0v) is 15.6. The van der Waals surface area contributed by atoms with E-state index < -0.39 is 11.7 Å². The Bertz CT molecular complexity index is 863. The second-order valence-corrected chi connectivity index (χ2v) is 7.53. The van der Waals surface area contributed by atoms with Crippen LogP contribution < -0.4 is 4.74 Å². The van der Waals surface area contributed by atoms with Crippen LogP contribution in [-0.2, 0) is 11.0 Å². The maximum Gasteiger partial charge on any atom is 0.416 e. The molecule has 2 aromatic rings. The number of likely N-dealkylation sites (tertiary alicyclic amines) is 1. The first-order chi connectivity index (χ1) is 13.4. The normalized spacial score (nSPS) is 24.3. The van der Waals surface area contributed by atoms with Crippen LogP contribution in [0.15, 0.2) is 48.5 Å². The molecule has 0 aromatic heterocycles. The number of halogens is 3. The molecule has 0 radical (unpaired) electrons. The smallest absolute Gasteiger partial charge is 0.416 e. The van der Waals surface area contributed by atoms with Gasteiger partial charge in [0.15, 0.2) is 0 Å². The van der Waals surface area contributed by atoms with Crippen molar-refractivity contribution in [2.24, 2.45) is 5.92 Å². The predicted molar refractivity (Wildman–Crippen MR) is 99.0 cm³/mol. The summed E-state index contributed by atoms with van der Waals surface area (Å²) < 4.78 is 43.5. The molecule has 2 fully saturated rings. The van der Waals surface area contributed by atoms with Crippen molar-refractivity contribution in [3.05, 3.63) is 65.2 Å². The van der Waals surface area contributed by atoms with Gasteiger partial charge in [0, 0.05) is 12.5 Å². The lowest BCUT2D eigenvalue weighted by Crippen LogP contribution is -2.32. The van der Waals surface area contributed by atoms with Crippen molar-refractivity contribution in [3.8, 4) is 5.75 Å². The van der Waals surface area contributed by atoms with E-state index >= 15 is 0 Å². The molecule has 6 heteroatoms. The Balaban J connectivity index is 1.46. The number of carbonyl (C=O) groups excluding carboxylic acids is 1. The molecule has 1 heterocycles. The topological polar surface area (TPSA) is 29.5 Å². The van der Waals surface area contributed by atoms with Crippen molar-refractivity contribution >= 4 is 5.91 Å². The standard InChI is InChI=1S/C22H22F3NO2/c1-28-17-5-2-4-15(12-17)20-6-3-11-26(20)21(27)19-13-18(19)14-7-9-16(10-8-14)22(23,24)25/h2,4-5,7-10,12,18-20H,3,6,11,13H2,1H3. The maximum absolute atomic E-state index is 13.1. The molecular formula is C22H22F3NO2. The Morgan fingerprint density at radius 1 is 1.11 bits per heavy atom. The average molecular weight is 389 g/mol. The molecule has 0 bridgehead atoms. The summed E-state index contributed by atoms with van der Waals surface area (Å²) in [4.78, 5) is 15.0. The fourth-order valence-corrected chi connectivity index (χ4v) is 4.19. The second kappa shape index (κ2) is 7.15. The summed E-state index contributed by atoms with van der Waals surface area (Å²) in [6.45, 7) is 0.719. The van der Waals surface area contributed by atoms with Crippen molar-refractivity contribution in [1.29, 1.82) is 0 Å². The highest BCUT2D eigenvalue weighted by molar-refractivity contribution is 5.83.